The Morgan fingerprint density at radius 3 is 2.64 bits per heavy atom. The predicted octanol–water partition coefficient (Wildman–Crippen LogP) is 3.21. The number of piperidine rings is 1. The molecular weight excluding hydrogens is 350 g/mol. The first-order valence-corrected chi connectivity index (χ1v) is 9.30. The number of fused-ring (bicyclic) bond motifs is 1. The SMILES string of the molecule is CCOC(=O)[C@@H]1C[C@H]2C[C@H](CCBr)CC[C@H]2CN1C(=O)OC. The van der Waals surface area contributed by atoms with Crippen LogP contribution in [0.4, 0.5) is 4.79 Å². The molecule has 4 atom stereocenters. The molecule has 0 spiro atoms. The molecule has 1 saturated heterocycles. The fourth-order valence-corrected chi connectivity index (χ4v) is 4.59. The van der Waals surface area contributed by atoms with E-state index in [2.05, 4.69) is 15.9 Å². The minimum atomic E-state index is -0.489. The van der Waals surface area contributed by atoms with E-state index in [4.69, 9.17) is 9.47 Å². The van der Waals surface area contributed by atoms with Crippen molar-refractivity contribution in [3.05, 3.63) is 0 Å². The Labute approximate surface area is 140 Å². The molecule has 1 amide bonds. The Bertz CT molecular complexity index is 404. The van der Waals surface area contributed by atoms with E-state index < -0.39 is 12.1 Å². The number of alkyl halides is 1. The van der Waals surface area contributed by atoms with Gasteiger partial charge in [0.2, 0.25) is 0 Å². The van der Waals surface area contributed by atoms with Crippen LogP contribution >= 0.6 is 15.9 Å². The highest BCUT2D eigenvalue weighted by Crippen LogP contribution is 2.42. The summed E-state index contributed by atoms with van der Waals surface area (Å²) < 4.78 is 10.0. The van der Waals surface area contributed by atoms with Gasteiger partial charge in [-0.2, -0.15) is 0 Å². The Hall–Kier alpha value is -0.780. The van der Waals surface area contributed by atoms with Crippen molar-refractivity contribution in [1.82, 2.24) is 4.90 Å². The Balaban J connectivity index is 2.08. The van der Waals surface area contributed by atoms with Crippen LogP contribution in [0.25, 0.3) is 0 Å². The molecule has 5 nitrogen and oxygen atoms in total. The number of likely N-dealkylation sites (tertiary alicyclic amines) is 1. The third-order valence-electron chi connectivity index (χ3n) is 5.07. The molecule has 1 aliphatic carbocycles. The standard InChI is InChI=1S/C16H26BrNO4/c1-3-22-15(19)14-9-13-8-11(6-7-17)4-5-12(13)10-18(14)16(20)21-2/h11-14H,3-10H2,1-2H3/t11-,12-,13+,14-/m0/s1. The largest absolute Gasteiger partial charge is 0.464 e. The third-order valence-corrected chi connectivity index (χ3v) is 5.52. The van der Waals surface area contributed by atoms with E-state index in [1.807, 2.05) is 0 Å². The molecule has 0 unspecified atom stereocenters. The molecule has 0 aromatic rings. The number of carbonyl (C=O) groups is 2. The maximum absolute atomic E-state index is 12.2. The molecule has 1 heterocycles. The molecule has 2 fully saturated rings. The summed E-state index contributed by atoms with van der Waals surface area (Å²) in [5.74, 6) is 1.42. The third kappa shape index (κ3) is 3.94. The average molecular weight is 376 g/mol. The van der Waals surface area contributed by atoms with Gasteiger partial charge in [-0.25, -0.2) is 9.59 Å². The minimum absolute atomic E-state index is 0.297. The first-order chi connectivity index (χ1) is 10.6. The first-order valence-electron chi connectivity index (χ1n) is 8.17. The van der Waals surface area contributed by atoms with Gasteiger partial charge in [-0.05, 0) is 50.4 Å². The molecule has 1 aliphatic heterocycles. The van der Waals surface area contributed by atoms with Crippen LogP contribution in [0.3, 0.4) is 0 Å². The normalized spacial score (nSPS) is 31.3. The first kappa shape index (κ1) is 17.6. The number of hydrogen-bond donors (Lipinski definition) is 0. The van der Waals surface area contributed by atoms with Gasteiger partial charge in [0.15, 0.2) is 0 Å². The fourth-order valence-electron chi connectivity index (χ4n) is 3.94. The minimum Gasteiger partial charge on any atom is -0.464 e. The lowest BCUT2D eigenvalue weighted by Gasteiger charge is -2.46. The number of esters is 1. The van der Waals surface area contributed by atoms with Crippen LogP contribution in [0.15, 0.2) is 0 Å². The van der Waals surface area contributed by atoms with Crippen molar-refractivity contribution in [2.75, 3.05) is 25.6 Å². The highest BCUT2D eigenvalue weighted by Gasteiger charge is 2.44. The molecule has 1 saturated carbocycles. The van der Waals surface area contributed by atoms with Crippen LogP contribution in [-0.4, -0.2) is 48.6 Å². The Morgan fingerprint density at radius 1 is 1.23 bits per heavy atom. The van der Waals surface area contributed by atoms with E-state index in [1.165, 1.54) is 20.0 Å². The molecule has 0 N–H and O–H groups in total. The van der Waals surface area contributed by atoms with Gasteiger partial charge in [-0.1, -0.05) is 22.4 Å². The van der Waals surface area contributed by atoms with Crippen molar-refractivity contribution in [3.63, 3.8) is 0 Å². The maximum atomic E-state index is 12.2. The summed E-state index contributed by atoms with van der Waals surface area (Å²) in [6.07, 6.45) is 4.98. The van der Waals surface area contributed by atoms with Crippen LogP contribution in [-0.2, 0) is 14.3 Å². The number of halogens is 1. The van der Waals surface area contributed by atoms with Crippen LogP contribution in [0, 0.1) is 17.8 Å². The molecule has 0 aromatic heterocycles. The van der Waals surface area contributed by atoms with E-state index in [0.717, 1.165) is 24.1 Å². The Kier molecular flexibility index (Phi) is 6.53. The second-order valence-corrected chi connectivity index (χ2v) is 7.10. The summed E-state index contributed by atoms with van der Waals surface area (Å²) in [6.45, 7) is 2.74. The van der Waals surface area contributed by atoms with Crippen molar-refractivity contribution in [3.8, 4) is 0 Å². The molecule has 2 rings (SSSR count). The molecule has 22 heavy (non-hydrogen) atoms. The zero-order valence-corrected chi connectivity index (χ0v) is 15.0. The molecule has 0 bridgehead atoms. The molecule has 2 aliphatic rings. The quantitative estimate of drug-likeness (QED) is 0.559. The van der Waals surface area contributed by atoms with Crippen molar-refractivity contribution in [2.45, 2.75) is 45.1 Å². The molecule has 6 heteroatoms. The van der Waals surface area contributed by atoms with Gasteiger partial charge in [0.25, 0.3) is 0 Å². The molecule has 0 aromatic carbocycles. The van der Waals surface area contributed by atoms with E-state index >= 15 is 0 Å². The molecule has 0 radical (unpaired) electrons. The van der Waals surface area contributed by atoms with Gasteiger partial charge in [0.1, 0.15) is 6.04 Å². The number of carbonyl (C=O) groups excluding carboxylic acids is 2. The molecule has 126 valence electrons. The zero-order valence-electron chi connectivity index (χ0n) is 13.4. The second kappa shape index (κ2) is 8.18. The predicted molar refractivity (Wildman–Crippen MR) is 86.9 cm³/mol. The highest BCUT2D eigenvalue weighted by atomic mass is 79.9. The van der Waals surface area contributed by atoms with Gasteiger partial charge >= 0.3 is 12.1 Å². The summed E-state index contributed by atoms with van der Waals surface area (Å²) in [7, 11) is 1.36. The smallest absolute Gasteiger partial charge is 0.410 e. The number of rotatable bonds is 4. The van der Waals surface area contributed by atoms with Crippen molar-refractivity contribution in [2.24, 2.45) is 17.8 Å². The number of ether oxygens (including phenoxy) is 2. The maximum Gasteiger partial charge on any atom is 0.410 e. The number of amides is 1. The van der Waals surface area contributed by atoms with Gasteiger partial charge in [0.05, 0.1) is 13.7 Å². The van der Waals surface area contributed by atoms with Crippen LogP contribution in [0.2, 0.25) is 0 Å². The topological polar surface area (TPSA) is 55.8 Å². The number of nitrogens with zero attached hydrogens (tertiary/aromatic N) is 1. The monoisotopic (exact) mass is 375 g/mol. The van der Waals surface area contributed by atoms with Gasteiger partial charge in [-0.3, -0.25) is 4.90 Å². The highest BCUT2D eigenvalue weighted by molar-refractivity contribution is 9.09. The Morgan fingerprint density at radius 2 is 2.00 bits per heavy atom. The van der Waals surface area contributed by atoms with Crippen molar-refractivity contribution in [1.29, 1.82) is 0 Å². The summed E-state index contributed by atoms with van der Waals surface area (Å²) in [5, 5.41) is 1.03. The van der Waals surface area contributed by atoms with E-state index in [1.54, 1.807) is 11.8 Å². The van der Waals surface area contributed by atoms with Crippen LogP contribution in [0.1, 0.15) is 39.0 Å². The summed E-state index contributed by atoms with van der Waals surface area (Å²) in [5.41, 5.74) is 0. The molecular formula is C16H26BrNO4. The van der Waals surface area contributed by atoms with E-state index in [9.17, 15) is 9.59 Å². The summed E-state index contributed by atoms with van der Waals surface area (Å²) in [4.78, 5) is 25.8. The van der Waals surface area contributed by atoms with Crippen LogP contribution < -0.4 is 0 Å². The lowest BCUT2D eigenvalue weighted by molar-refractivity contribution is -0.152. The van der Waals surface area contributed by atoms with Crippen molar-refractivity contribution >= 4 is 28.0 Å². The second-order valence-electron chi connectivity index (χ2n) is 6.30. The summed E-state index contributed by atoms with van der Waals surface area (Å²) in [6, 6.07) is -0.489. The van der Waals surface area contributed by atoms with Crippen molar-refractivity contribution < 1.29 is 19.1 Å². The lowest BCUT2D eigenvalue weighted by atomic mass is 9.68. The van der Waals surface area contributed by atoms with Gasteiger partial charge < -0.3 is 9.47 Å². The van der Waals surface area contributed by atoms with E-state index in [-0.39, 0.29) is 5.97 Å². The van der Waals surface area contributed by atoms with Gasteiger partial charge in [0, 0.05) is 11.9 Å². The lowest BCUT2D eigenvalue weighted by Crippen LogP contribution is -2.55. The fraction of sp³-hybridized carbons (Fsp3) is 0.875. The van der Waals surface area contributed by atoms with Gasteiger partial charge in [-0.15, -0.1) is 0 Å². The van der Waals surface area contributed by atoms with Crippen LogP contribution in [0.5, 0.6) is 0 Å². The number of methoxy groups -OCH3 is 1. The zero-order chi connectivity index (χ0) is 16.1. The van der Waals surface area contributed by atoms with E-state index in [0.29, 0.717) is 31.4 Å². The average Bonchev–Trinajstić information content (AvgIpc) is 2.53. The summed E-state index contributed by atoms with van der Waals surface area (Å²) >= 11 is 3.52. The number of hydrogen-bond acceptors (Lipinski definition) is 4.